The largest absolute Gasteiger partial charge is 3.00 e. The van der Waals surface area contributed by atoms with Crippen molar-refractivity contribution in [3.63, 3.8) is 0 Å². The van der Waals surface area contributed by atoms with Gasteiger partial charge < -0.3 is 21.1 Å². The molecule has 0 amide bonds. The zero-order chi connectivity index (χ0) is 35.2. The molecule has 6 rings (SSSR count). The van der Waals surface area contributed by atoms with Crippen LogP contribution in [0.25, 0.3) is 16.0 Å². The van der Waals surface area contributed by atoms with Gasteiger partial charge in [0.15, 0.2) is 0 Å². The Hall–Kier alpha value is -4.61. The third-order valence-corrected chi connectivity index (χ3v) is 7.32. The Morgan fingerprint density at radius 2 is 0.510 bits per heavy atom. The first-order valence-corrected chi connectivity index (χ1v) is 17.8. The van der Waals surface area contributed by atoms with Crippen molar-refractivity contribution in [2.24, 2.45) is 0 Å². The molecule has 4 nitrogen and oxygen atoms in total. The summed E-state index contributed by atoms with van der Waals surface area (Å²) in [4.78, 5) is 0. The van der Waals surface area contributed by atoms with Crippen molar-refractivity contribution >= 4 is 34.1 Å². The number of hydrogen-bond acceptors (Lipinski definition) is 1. The van der Waals surface area contributed by atoms with E-state index in [4.69, 9.17) is 5.11 Å². The minimum atomic E-state index is 0. The van der Waals surface area contributed by atoms with Crippen molar-refractivity contribution in [2.75, 3.05) is 6.61 Å². The molecule has 0 saturated heterocycles. The summed E-state index contributed by atoms with van der Waals surface area (Å²) in [6.45, 7) is 2.61. The molecule has 0 atom stereocenters. The number of aliphatic hydroxyl groups excluding tert-OH is 1. The van der Waals surface area contributed by atoms with Crippen LogP contribution in [0.5, 0.6) is 0 Å². The zero-order valence-electron chi connectivity index (χ0n) is 30.0. The van der Waals surface area contributed by atoms with Gasteiger partial charge in [0.2, 0.25) is 0 Å². The van der Waals surface area contributed by atoms with Crippen LogP contribution < -0.4 is 0 Å². The fourth-order valence-corrected chi connectivity index (χ4v) is 4.71. The molecule has 6 aromatic rings. The third-order valence-electron chi connectivity index (χ3n) is 7.32. The van der Waals surface area contributed by atoms with Gasteiger partial charge in [0.25, 0.3) is 0 Å². The predicted molar refractivity (Wildman–Crippen MR) is 216 cm³/mol. The van der Waals surface area contributed by atoms with E-state index in [-0.39, 0.29) is 21.7 Å². The van der Waals surface area contributed by atoms with Crippen LogP contribution in [0.4, 0.5) is 34.1 Å². The molecule has 0 fully saturated rings. The van der Waals surface area contributed by atoms with Crippen LogP contribution in [-0.2, 0) is 21.7 Å². The predicted octanol–water partition coefficient (Wildman–Crippen LogP) is 15.2. The maximum Gasteiger partial charge on any atom is 3.00 e. The van der Waals surface area contributed by atoms with E-state index in [9.17, 15) is 0 Å². The summed E-state index contributed by atoms with van der Waals surface area (Å²) in [6, 6.07) is 59.7. The molecule has 5 heteroatoms. The van der Waals surface area contributed by atoms with Gasteiger partial charge in [-0.2, -0.15) is 0 Å². The van der Waals surface area contributed by atoms with E-state index >= 15 is 0 Å². The monoisotopic (exact) mass is 710 g/mol. The first-order chi connectivity index (χ1) is 24.8. The summed E-state index contributed by atoms with van der Waals surface area (Å²) >= 11 is 0. The summed E-state index contributed by atoms with van der Waals surface area (Å²) in [7, 11) is 0. The fourth-order valence-electron chi connectivity index (χ4n) is 4.71. The second kappa shape index (κ2) is 29.2. The van der Waals surface area contributed by atoms with E-state index in [1.54, 1.807) is 0 Å². The van der Waals surface area contributed by atoms with Gasteiger partial charge in [-0.15, -0.1) is 34.1 Å². The Morgan fingerprint density at radius 3 is 0.706 bits per heavy atom. The van der Waals surface area contributed by atoms with Gasteiger partial charge in [-0.25, -0.2) is 0 Å². The summed E-state index contributed by atoms with van der Waals surface area (Å²) in [5.74, 6) is 0. The first kappa shape index (κ1) is 42.6. The molecule has 0 saturated carbocycles. The summed E-state index contributed by atoms with van der Waals surface area (Å²) in [6.07, 6.45) is 10.4. The first-order valence-electron chi connectivity index (χ1n) is 17.8. The second-order valence-corrected chi connectivity index (χ2v) is 11.5. The molecule has 6 aromatic carbocycles. The van der Waals surface area contributed by atoms with Gasteiger partial charge >= 0.3 is 21.7 Å². The van der Waals surface area contributed by atoms with Gasteiger partial charge in [0.1, 0.15) is 0 Å². The molecule has 0 heterocycles. The molecule has 0 aliphatic heterocycles. The minimum Gasteiger partial charge on any atom is -0.658 e. The van der Waals surface area contributed by atoms with Crippen molar-refractivity contribution in [2.45, 2.75) is 58.3 Å². The number of aliphatic hydroxyl groups is 1. The fraction of sp³-hybridized carbons (Fsp3) is 0.217. The summed E-state index contributed by atoms with van der Waals surface area (Å²) in [5.41, 5.74) is 5.97. The molecule has 0 aromatic heterocycles. The van der Waals surface area contributed by atoms with Crippen molar-refractivity contribution in [1.29, 1.82) is 0 Å². The molecule has 0 bridgehead atoms. The van der Waals surface area contributed by atoms with E-state index in [1.165, 1.54) is 44.9 Å². The molecule has 1 N–H and O–H groups in total. The van der Waals surface area contributed by atoms with Crippen LogP contribution in [0.3, 0.4) is 0 Å². The molecule has 1 radical (unpaired) electrons. The van der Waals surface area contributed by atoms with Crippen LogP contribution in [0.2, 0.25) is 0 Å². The number of rotatable bonds is 14. The Labute approximate surface area is 322 Å². The van der Waals surface area contributed by atoms with Gasteiger partial charge in [0, 0.05) is 6.61 Å². The second-order valence-electron chi connectivity index (χ2n) is 11.5. The molecule has 261 valence electrons. The Balaban J connectivity index is 0.000000235. The van der Waals surface area contributed by atoms with Crippen molar-refractivity contribution in [3.8, 4) is 0 Å². The summed E-state index contributed by atoms with van der Waals surface area (Å²) in [5, 5.41) is 21.8. The van der Waals surface area contributed by atoms with Crippen molar-refractivity contribution < 1.29 is 26.8 Å². The number of nitrogens with zero attached hydrogens (tertiary/aromatic N) is 3. The normalized spacial score (nSPS) is 9.53. The van der Waals surface area contributed by atoms with Crippen LogP contribution in [0.1, 0.15) is 58.3 Å². The van der Waals surface area contributed by atoms with Gasteiger partial charge in [0.05, 0.1) is 0 Å². The molecular weight excluding hydrogens is 658 g/mol. The molecular formula is C46H52N3OTi. The Kier molecular flexibility index (Phi) is 24.3. The third kappa shape index (κ3) is 21.3. The standard InChI is InChI=1S/3C12H10N.C10H22O.Ti/c3*1-3-7-11(8-4-1)13-12-9-5-2-6-10-12;1-2-3-4-5-6-7-8-9-10-11;/h3*1-10H;11H,2-10H2,1H3;/q3*-1;;+3. The van der Waals surface area contributed by atoms with E-state index in [0.717, 1.165) is 40.5 Å². The van der Waals surface area contributed by atoms with E-state index in [1.807, 2.05) is 182 Å². The topological polar surface area (TPSA) is 62.5 Å². The average Bonchev–Trinajstić information content (AvgIpc) is 3.18. The SMILES string of the molecule is CCCCCCCCCCO.[Ti+3].c1ccc([N-]c2ccccc2)cc1.c1ccc([N-]c2ccccc2)cc1.c1ccc([N-]c2ccccc2)cc1. The van der Waals surface area contributed by atoms with Crippen LogP contribution in [-0.4, -0.2) is 11.7 Å². The van der Waals surface area contributed by atoms with E-state index in [0.29, 0.717) is 6.61 Å². The number of hydrogen-bond donors (Lipinski definition) is 1. The van der Waals surface area contributed by atoms with Crippen molar-refractivity contribution in [3.05, 3.63) is 198 Å². The molecule has 0 aliphatic rings. The molecule has 0 unspecified atom stereocenters. The number of unbranched alkanes of at least 4 members (excludes halogenated alkanes) is 7. The van der Waals surface area contributed by atoms with Crippen LogP contribution in [0.15, 0.2) is 182 Å². The van der Waals surface area contributed by atoms with Crippen molar-refractivity contribution in [1.82, 2.24) is 0 Å². The van der Waals surface area contributed by atoms with E-state index < -0.39 is 0 Å². The molecule has 0 spiro atoms. The smallest absolute Gasteiger partial charge is 0.658 e. The number of para-hydroxylation sites is 6. The molecule has 0 aliphatic carbocycles. The summed E-state index contributed by atoms with van der Waals surface area (Å²) < 4.78 is 0. The number of benzene rings is 6. The van der Waals surface area contributed by atoms with Gasteiger partial charge in [-0.1, -0.05) is 234 Å². The van der Waals surface area contributed by atoms with Crippen LogP contribution in [0, 0.1) is 0 Å². The Bertz CT molecular complexity index is 1290. The minimum absolute atomic E-state index is 0. The van der Waals surface area contributed by atoms with Gasteiger partial charge in [-0.05, 0) is 6.42 Å². The van der Waals surface area contributed by atoms with Crippen LogP contribution >= 0.6 is 0 Å². The average molecular weight is 711 g/mol. The molecule has 51 heavy (non-hydrogen) atoms. The maximum atomic E-state index is 8.51. The maximum absolute atomic E-state index is 8.51. The quantitative estimate of drug-likeness (QED) is 0.0888. The Morgan fingerprint density at radius 1 is 0.314 bits per heavy atom. The zero-order valence-corrected chi connectivity index (χ0v) is 31.5. The van der Waals surface area contributed by atoms with Gasteiger partial charge in [-0.3, -0.25) is 0 Å². The van der Waals surface area contributed by atoms with E-state index in [2.05, 4.69) is 22.9 Å².